The van der Waals surface area contributed by atoms with E-state index in [0.717, 1.165) is 18.4 Å². The van der Waals surface area contributed by atoms with Gasteiger partial charge in [-0.3, -0.25) is 0 Å². The van der Waals surface area contributed by atoms with Crippen LogP contribution in [-0.2, 0) is 6.42 Å². The zero-order valence-corrected chi connectivity index (χ0v) is 11.6. The highest BCUT2D eigenvalue weighted by molar-refractivity contribution is 5.31. The molecule has 1 aromatic carbocycles. The third-order valence-electron chi connectivity index (χ3n) is 3.68. The molecule has 0 fully saturated rings. The van der Waals surface area contributed by atoms with E-state index in [4.69, 9.17) is 0 Å². The molecule has 2 heteroatoms. The Hall–Kier alpha value is -1.33. The summed E-state index contributed by atoms with van der Waals surface area (Å²) in [6.07, 6.45) is 3.14. The first-order valence-corrected chi connectivity index (χ1v) is 6.82. The van der Waals surface area contributed by atoms with Crippen molar-refractivity contribution >= 4 is 0 Å². The van der Waals surface area contributed by atoms with Gasteiger partial charge in [0.15, 0.2) is 0 Å². The van der Waals surface area contributed by atoms with Gasteiger partial charge in [0.2, 0.25) is 0 Å². The van der Waals surface area contributed by atoms with Gasteiger partial charge in [0.1, 0.15) is 0 Å². The van der Waals surface area contributed by atoms with E-state index in [0.29, 0.717) is 12.8 Å². The number of benzene rings is 1. The average Bonchev–Trinajstić information content (AvgIpc) is 2.40. The van der Waals surface area contributed by atoms with Crippen molar-refractivity contribution in [2.45, 2.75) is 65.4 Å². The van der Waals surface area contributed by atoms with Gasteiger partial charge < -0.3 is 5.11 Å². The van der Waals surface area contributed by atoms with E-state index in [2.05, 4.69) is 13.0 Å². The molecule has 0 heterocycles. The molecule has 0 aliphatic carbocycles. The Labute approximate surface area is 118 Å². The van der Waals surface area contributed by atoms with Crippen molar-refractivity contribution in [1.82, 2.24) is 0 Å². The lowest BCUT2D eigenvalue weighted by Crippen LogP contribution is -2.34. The zero-order valence-electron chi connectivity index (χ0n) is 11.6. The van der Waals surface area contributed by atoms with Crippen molar-refractivity contribution in [3.8, 4) is 6.07 Å². The van der Waals surface area contributed by atoms with E-state index >= 15 is 0 Å². The summed E-state index contributed by atoms with van der Waals surface area (Å²) in [5.74, 6) is -0.437. The standard InChI is InChI=1S/C16H23NO.CH4/c1-4-11-16(18,6-3)15(12-17)14-9-7-13(5-2)8-10-14;/h7-10,15,18H,4-6,11H2,1-3H3;1H4. The van der Waals surface area contributed by atoms with Crippen molar-refractivity contribution in [3.63, 3.8) is 0 Å². The third kappa shape index (κ3) is 4.08. The Kier molecular flexibility index (Phi) is 7.41. The maximum absolute atomic E-state index is 10.6. The second-order valence-electron chi connectivity index (χ2n) is 4.86. The average molecular weight is 261 g/mol. The second kappa shape index (κ2) is 7.96. The SMILES string of the molecule is C.CCCC(O)(CC)C(C#N)c1ccc(CC)cc1. The quantitative estimate of drug-likeness (QED) is 0.823. The first-order chi connectivity index (χ1) is 8.61. The molecule has 1 N–H and O–H groups in total. The fourth-order valence-electron chi connectivity index (χ4n) is 2.41. The van der Waals surface area contributed by atoms with Crippen LogP contribution in [0.2, 0.25) is 0 Å². The molecular weight excluding hydrogens is 234 g/mol. The molecule has 1 rings (SSSR count). The van der Waals surface area contributed by atoms with Crippen LogP contribution in [0.25, 0.3) is 0 Å². The van der Waals surface area contributed by atoms with Gasteiger partial charge in [-0.25, -0.2) is 0 Å². The summed E-state index contributed by atoms with van der Waals surface area (Å²) in [5.41, 5.74) is 1.27. The Bertz CT molecular complexity index is 404. The molecule has 0 aliphatic heterocycles. The normalized spacial score (nSPS) is 14.9. The van der Waals surface area contributed by atoms with Gasteiger partial charge in [0.25, 0.3) is 0 Å². The van der Waals surface area contributed by atoms with E-state index in [-0.39, 0.29) is 7.43 Å². The van der Waals surface area contributed by atoms with Crippen LogP contribution >= 0.6 is 0 Å². The minimum atomic E-state index is -0.906. The molecule has 2 nitrogen and oxygen atoms in total. The fourth-order valence-corrected chi connectivity index (χ4v) is 2.41. The molecular formula is C17H27NO. The Morgan fingerprint density at radius 2 is 1.79 bits per heavy atom. The lowest BCUT2D eigenvalue weighted by Gasteiger charge is -2.31. The summed E-state index contributed by atoms with van der Waals surface area (Å²) in [7, 11) is 0. The van der Waals surface area contributed by atoms with Crippen LogP contribution in [0, 0.1) is 11.3 Å². The van der Waals surface area contributed by atoms with E-state index < -0.39 is 11.5 Å². The van der Waals surface area contributed by atoms with E-state index in [1.165, 1.54) is 5.56 Å². The van der Waals surface area contributed by atoms with E-state index in [9.17, 15) is 10.4 Å². The van der Waals surface area contributed by atoms with Crippen LogP contribution < -0.4 is 0 Å². The predicted octanol–water partition coefficient (Wildman–Crippen LogP) is 4.43. The van der Waals surface area contributed by atoms with Crippen molar-refractivity contribution in [1.29, 1.82) is 5.26 Å². The number of hydrogen-bond donors (Lipinski definition) is 1. The van der Waals surface area contributed by atoms with E-state index in [1.54, 1.807) is 0 Å². The van der Waals surface area contributed by atoms with Gasteiger partial charge in [-0.1, -0.05) is 58.9 Å². The highest BCUT2D eigenvalue weighted by Gasteiger charge is 2.35. The summed E-state index contributed by atoms with van der Waals surface area (Å²) in [5, 5.41) is 20.0. The number of aryl methyl sites for hydroxylation is 1. The molecule has 0 saturated carbocycles. The largest absolute Gasteiger partial charge is 0.388 e. The Balaban J connectivity index is 0.00000324. The Morgan fingerprint density at radius 3 is 2.16 bits per heavy atom. The Morgan fingerprint density at radius 1 is 1.21 bits per heavy atom. The number of rotatable bonds is 6. The number of hydrogen-bond acceptors (Lipinski definition) is 2. The predicted molar refractivity (Wildman–Crippen MR) is 81.1 cm³/mol. The second-order valence-corrected chi connectivity index (χ2v) is 4.86. The lowest BCUT2D eigenvalue weighted by atomic mass is 9.78. The zero-order chi connectivity index (χ0) is 13.6. The maximum Gasteiger partial charge on any atom is 0.0999 e. The van der Waals surface area contributed by atoms with Crippen LogP contribution in [-0.4, -0.2) is 10.7 Å². The molecule has 0 bridgehead atoms. The highest BCUT2D eigenvalue weighted by atomic mass is 16.3. The van der Waals surface area contributed by atoms with Crippen molar-refractivity contribution in [2.24, 2.45) is 0 Å². The van der Waals surface area contributed by atoms with Crippen LogP contribution in [0.15, 0.2) is 24.3 Å². The molecule has 0 amide bonds. The summed E-state index contributed by atoms with van der Waals surface area (Å²) in [6.45, 7) is 6.09. The van der Waals surface area contributed by atoms with Crippen LogP contribution in [0.4, 0.5) is 0 Å². The molecule has 0 aromatic heterocycles. The summed E-state index contributed by atoms with van der Waals surface area (Å²) >= 11 is 0. The maximum atomic E-state index is 10.6. The van der Waals surface area contributed by atoms with Gasteiger partial charge in [-0.15, -0.1) is 0 Å². The molecule has 19 heavy (non-hydrogen) atoms. The van der Waals surface area contributed by atoms with Gasteiger partial charge in [0.05, 0.1) is 17.6 Å². The number of nitrogens with zero attached hydrogens (tertiary/aromatic N) is 1. The first-order valence-electron chi connectivity index (χ1n) is 6.82. The molecule has 2 atom stereocenters. The van der Waals surface area contributed by atoms with Gasteiger partial charge in [0, 0.05) is 0 Å². The first kappa shape index (κ1) is 17.7. The van der Waals surface area contributed by atoms with Crippen molar-refractivity contribution in [2.75, 3.05) is 0 Å². The smallest absolute Gasteiger partial charge is 0.0999 e. The molecule has 1 aromatic rings. The molecule has 106 valence electrons. The minimum Gasteiger partial charge on any atom is -0.388 e. The summed E-state index contributed by atoms with van der Waals surface area (Å²) < 4.78 is 0. The lowest BCUT2D eigenvalue weighted by molar-refractivity contribution is 0.0146. The van der Waals surface area contributed by atoms with Crippen LogP contribution in [0.5, 0.6) is 0 Å². The van der Waals surface area contributed by atoms with Gasteiger partial charge in [-0.2, -0.15) is 5.26 Å². The summed E-state index contributed by atoms with van der Waals surface area (Å²) in [6, 6.07) is 10.3. The van der Waals surface area contributed by atoms with Crippen LogP contribution in [0.1, 0.15) is 64.5 Å². The van der Waals surface area contributed by atoms with E-state index in [1.807, 2.05) is 38.1 Å². The molecule has 0 saturated heterocycles. The minimum absolute atomic E-state index is 0. The highest BCUT2D eigenvalue weighted by Crippen LogP contribution is 2.34. The topological polar surface area (TPSA) is 44.0 Å². The molecule has 0 spiro atoms. The summed E-state index contributed by atoms with van der Waals surface area (Å²) in [4.78, 5) is 0. The van der Waals surface area contributed by atoms with Gasteiger partial charge in [-0.05, 0) is 30.4 Å². The van der Waals surface area contributed by atoms with Gasteiger partial charge >= 0.3 is 0 Å². The molecule has 0 radical (unpaired) electrons. The molecule has 0 aliphatic rings. The third-order valence-corrected chi connectivity index (χ3v) is 3.68. The number of aliphatic hydroxyl groups is 1. The van der Waals surface area contributed by atoms with Crippen molar-refractivity contribution < 1.29 is 5.11 Å². The fraction of sp³-hybridized carbons (Fsp3) is 0.588. The monoisotopic (exact) mass is 261 g/mol. The van der Waals surface area contributed by atoms with Crippen LogP contribution in [0.3, 0.4) is 0 Å². The van der Waals surface area contributed by atoms with Crippen molar-refractivity contribution in [3.05, 3.63) is 35.4 Å². The number of nitriles is 1. The molecule has 2 unspecified atom stereocenters.